The van der Waals surface area contributed by atoms with Crippen LogP contribution >= 0.6 is 36.6 Å². The van der Waals surface area contributed by atoms with Crippen molar-refractivity contribution >= 4 is 70.8 Å². The van der Waals surface area contributed by atoms with Gasteiger partial charge in [-0.05, 0) is 49.9 Å². The van der Waals surface area contributed by atoms with E-state index < -0.39 is 0 Å². The molecule has 2 aromatic heterocycles. The van der Waals surface area contributed by atoms with Crippen molar-refractivity contribution in [2.24, 2.45) is 5.92 Å². The van der Waals surface area contributed by atoms with Crippen molar-refractivity contribution in [3.8, 4) is 0 Å². The Hall–Kier alpha value is -2.39. The van der Waals surface area contributed by atoms with Gasteiger partial charge in [0.2, 0.25) is 11.8 Å². The number of nitrogens with zero attached hydrogens (tertiary/aromatic N) is 2. The molecule has 2 amide bonds. The van der Waals surface area contributed by atoms with Crippen LogP contribution in [0.1, 0.15) is 31.4 Å². The van der Waals surface area contributed by atoms with Crippen molar-refractivity contribution in [2.75, 3.05) is 16.4 Å². The van der Waals surface area contributed by atoms with Crippen molar-refractivity contribution in [1.29, 1.82) is 0 Å². The average Bonchev–Trinajstić information content (AvgIpc) is 2.83. The molecular weight excluding hydrogens is 493 g/mol. The number of carbonyl (C=O) groups excluding carboxylic acids is 2. The lowest BCUT2D eigenvalue weighted by molar-refractivity contribution is -0.121. The molecule has 10 heteroatoms. The van der Waals surface area contributed by atoms with Crippen LogP contribution in [-0.4, -0.2) is 33.6 Å². The largest absolute Gasteiger partial charge is 0.325 e. The molecule has 1 fully saturated rings. The van der Waals surface area contributed by atoms with E-state index in [0.29, 0.717) is 24.2 Å². The number of thioether (sulfide) groups is 1. The third-order valence-corrected chi connectivity index (χ3v) is 7.16. The molecule has 3 N–H and O–H groups in total. The number of hydrogen-bond donors (Lipinski definition) is 3. The fourth-order valence-corrected chi connectivity index (χ4v) is 5.11. The number of fused-ring (bicyclic) bond motifs is 2. The van der Waals surface area contributed by atoms with Crippen LogP contribution in [0.3, 0.4) is 0 Å². The maximum absolute atomic E-state index is 12.9. The van der Waals surface area contributed by atoms with Crippen LogP contribution in [0.2, 0.25) is 0 Å². The van der Waals surface area contributed by atoms with E-state index in [4.69, 9.17) is 0 Å². The molecule has 0 unspecified atom stereocenters. The first-order valence-electron chi connectivity index (χ1n) is 11.0. The second kappa shape index (κ2) is 11.8. The molecular formula is C24H27Cl2N5O2S. The highest BCUT2D eigenvalue weighted by Gasteiger charge is 2.26. The van der Waals surface area contributed by atoms with Gasteiger partial charge < -0.3 is 16.0 Å². The van der Waals surface area contributed by atoms with Crippen LogP contribution in [0.5, 0.6) is 0 Å². The lowest BCUT2D eigenvalue weighted by atomic mass is 9.85. The smallest absolute Gasteiger partial charge is 0.235 e. The van der Waals surface area contributed by atoms with Gasteiger partial charge in [0, 0.05) is 30.1 Å². The Morgan fingerprint density at radius 1 is 1.06 bits per heavy atom. The molecule has 1 aromatic carbocycles. The summed E-state index contributed by atoms with van der Waals surface area (Å²) in [6.07, 6.45) is 5.35. The van der Waals surface area contributed by atoms with E-state index in [1.807, 2.05) is 42.5 Å². The first kappa shape index (κ1) is 26.2. The average molecular weight is 520 g/mol. The molecule has 1 aliphatic carbocycles. The third kappa shape index (κ3) is 5.99. The highest BCUT2D eigenvalue weighted by Crippen LogP contribution is 2.30. The number of nitrogens with one attached hydrogen (secondary N) is 3. The first-order chi connectivity index (χ1) is 15.7. The number of halogens is 2. The fourth-order valence-electron chi connectivity index (χ4n) is 4.35. The van der Waals surface area contributed by atoms with Crippen LogP contribution in [0.15, 0.2) is 53.6 Å². The Kier molecular flexibility index (Phi) is 9.13. The zero-order valence-electron chi connectivity index (χ0n) is 18.5. The molecule has 5 rings (SSSR count). The summed E-state index contributed by atoms with van der Waals surface area (Å²) in [5, 5.41) is 10.5. The SMILES string of the molecule is Cl.Cl.O=C1CSc2ccc(CN[C@H]3CC[C@H](C(=O)Nc4ccnc5ccccc45)CC3)nc2N1. The maximum atomic E-state index is 12.9. The lowest BCUT2D eigenvalue weighted by Crippen LogP contribution is -2.36. The summed E-state index contributed by atoms with van der Waals surface area (Å²) < 4.78 is 0. The minimum absolute atomic E-state index is 0. The van der Waals surface area contributed by atoms with Gasteiger partial charge in [0.15, 0.2) is 0 Å². The number of para-hydroxylation sites is 1. The summed E-state index contributed by atoms with van der Waals surface area (Å²) in [7, 11) is 0. The molecule has 7 nitrogen and oxygen atoms in total. The Morgan fingerprint density at radius 3 is 2.68 bits per heavy atom. The Morgan fingerprint density at radius 2 is 1.85 bits per heavy atom. The zero-order valence-corrected chi connectivity index (χ0v) is 20.9. The van der Waals surface area contributed by atoms with Crippen molar-refractivity contribution < 1.29 is 9.59 Å². The van der Waals surface area contributed by atoms with Crippen molar-refractivity contribution in [3.63, 3.8) is 0 Å². The number of rotatable bonds is 5. The molecule has 3 aromatic rings. The molecule has 34 heavy (non-hydrogen) atoms. The van der Waals surface area contributed by atoms with Crippen LogP contribution in [0, 0.1) is 5.92 Å². The lowest BCUT2D eigenvalue weighted by Gasteiger charge is -2.28. The van der Waals surface area contributed by atoms with Gasteiger partial charge in [-0.2, -0.15) is 0 Å². The van der Waals surface area contributed by atoms with E-state index in [0.717, 1.165) is 52.9 Å². The zero-order chi connectivity index (χ0) is 21.9. The van der Waals surface area contributed by atoms with E-state index in [9.17, 15) is 9.59 Å². The van der Waals surface area contributed by atoms with Crippen LogP contribution in [0.25, 0.3) is 10.9 Å². The summed E-state index contributed by atoms with van der Waals surface area (Å²) in [5.41, 5.74) is 2.62. The number of carbonyl (C=O) groups is 2. The molecule has 2 aliphatic rings. The molecule has 0 bridgehead atoms. The summed E-state index contributed by atoms with van der Waals surface area (Å²) in [4.78, 5) is 34.4. The summed E-state index contributed by atoms with van der Waals surface area (Å²) in [6, 6.07) is 14.1. The summed E-state index contributed by atoms with van der Waals surface area (Å²) >= 11 is 1.52. The number of aromatic nitrogens is 2. The van der Waals surface area contributed by atoms with Crippen molar-refractivity contribution in [3.05, 3.63) is 54.4 Å². The minimum Gasteiger partial charge on any atom is -0.325 e. The van der Waals surface area contributed by atoms with E-state index in [1.165, 1.54) is 11.8 Å². The monoisotopic (exact) mass is 519 g/mol. The summed E-state index contributed by atoms with van der Waals surface area (Å²) in [6.45, 7) is 0.651. The molecule has 3 heterocycles. The molecule has 0 spiro atoms. The van der Waals surface area contributed by atoms with Crippen LogP contribution in [-0.2, 0) is 16.1 Å². The summed E-state index contributed by atoms with van der Waals surface area (Å²) in [5.74, 6) is 1.21. The number of benzene rings is 1. The van der Waals surface area contributed by atoms with Gasteiger partial charge in [-0.3, -0.25) is 14.6 Å². The Balaban J connectivity index is 0.00000162. The van der Waals surface area contributed by atoms with E-state index in [-0.39, 0.29) is 42.5 Å². The van der Waals surface area contributed by atoms with E-state index in [2.05, 4.69) is 25.9 Å². The highest BCUT2D eigenvalue weighted by molar-refractivity contribution is 8.00. The minimum atomic E-state index is -0.00327. The quantitative estimate of drug-likeness (QED) is 0.447. The molecule has 1 saturated carbocycles. The number of anilines is 2. The highest BCUT2D eigenvalue weighted by atomic mass is 35.5. The molecule has 0 saturated heterocycles. The normalized spacial score (nSPS) is 19.2. The van der Waals surface area contributed by atoms with E-state index >= 15 is 0 Å². The van der Waals surface area contributed by atoms with Gasteiger partial charge in [-0.1, -0.05) is 18.2 Å². The molecule has 0 radical (unpaired) electrons. The first-order valence-corrected chi connectivity index (χ1v) is 11.9. The fraction of sp³-hybridized carbons (Fsp3) is 0.333. The van der Waals surface area contributed by atoms with Crippen LogP contribution in [0.4, 0.5) is 11.5 Å². The predicted molar refractivity (Wildman–Crippen MR) is 141 cm³/mol. The standard InChI is InChI=1S/C24H25N5O2S.2ClH/c30-22-14-32-21-10-9-17(27-23(21)29-22)13-26-16-7-5-15(6-8-16)24(31)28-20-11-12-25-19-4-2-1-3-18(19)20;;/h1-4,9-12,15-16,26H,5-8,13-14H2,(H,25,28,31)(H,27,29,30);2*1H/t15-,16-;;. The van der Waals surface area contributed by atoms with Gasteiger partial charge in [-0.15, -0.1) is 36.6 Å². The maximum Gasteiger partial charge on any atom is 0.235 e. The van der Waals surface area contributed by atoms with Gasteiger partial charge >= 0.3 is 0 Å². The Labute approximate surface area is 215 Å². The van der Waals surface area contributed by atoms with Gasteiger partial charge in [0.25, 0.3) is 0 Å². The predicted octanol–water partition coefficient (Wildman–Crippen LogP) is 4.80. The van der Waals surface area contributed by atoms with E-state index in [1.54, 1.807) is 6.20 Å². The van der Waals surface area contributed by atoms with Gasteiger partial charge in [0.1, 0.15) is 5.82 Å². The third-order valence-electron chi connectivity index (χ3n) is 6.11. The van der Waals surface area contributed by atoms with Crippen molar-refractivity contribution in [1.82, 2.24) is 15.3 Å². The Bertz CT molecular complexity index is 1170. The second-order valence-corrected chi connectivity index (χ2v) is 9.30. The number of pyridine rings is 2. The molecule has 0 atom stereocenters. The topological polar surface area (TPSA) is 96.0 Å². The van der Waals surface area contributed by atoms with Crippen LogP contribution < -0.4 is 16.0 Å². The van der Waals surface area contributed by atoms with Crippen molar-refractivity contribution in [2.45, 2.75) is 43.2 Å². The van der Waals surface area contributed by atoms with Gasteiger partial charge in [-0.25, -0.2) is 4.98 Å². The number of amides is 2. The number of hydrogen-bond acceptors (Lipinski definition) is 6. The molecule has 1 aliphatic heterocycles. The van der Waals surface area contributed by atoms with Gasteiger partial charge in [0.05, 0.1) is 27.5 Å². The molecule has 180 valence electrons. The second-order valence-electron chi connectivity index (χ2n) is 8.28.